The lowest BCUT2D eigenvalue weighted by atomic mass is 10.6. The van der Waals surface area contributed by atoms with Crippen molar-refractivity contribution < 1.29 is 0 Å². The average molecular weight is 116 g/mol. The van der Waals surface area contributed by atoms with Crippen LogP contribution in [0.2, 0.25) is 0 Å². The molecule has 0 saturated heterocycles. The standard InChI is InChI=1S/C4H8N2S/c1-3(2)6-4(5)7/h1H2,2H3,(H3,5,6,7). The van der Waals surface area contributed by atoms with E-state index in [9.17, 15) is 0 Å². The molecule has 0 aliphatic heterocycles. The number of nitrogens with two attached hydrogens (primary N) is 1. The van der Waals surface area contributed by atoms with Crippen molar-refractivity contribution in [1.82, 2.24) is 5.32 Å². The molecule has 40 valence electrons. The summed E-state index contributed by atoms with van der Waals surface area (Å²) in [5.74, 6) is 0. The molecule has 3 N–H and O–H groups in total. The van der Waals surface area contributed by atoms with Crippen LogP contribution in [0.15, 0.2) is 12.3 Å². The Morgan fingerprint density at radius 1 is 1.86 bits per heavy atom. The Morgan fingerprint density at radius 3 is 2.29 bits per heavy atom. The van der Waals surface area contributed by atoms with E-state index in [0.29, 0.717) is 0 Å². The molecule has 0 heterocycles. The summed E-state index contributed by atoms with van der Waals surface area (Å²) in [7, 11) is 0. The fraction of sp³-hybridized carbons (Fsp3) is 0.250. The average Bonchev–Trinajstić information content (AvgIpc) is 1.27. The molecule has 0 aromatic carbocycles. The SMILES string of the molecule is C=C(C)NC(N)=S. The number of nitrogens with one attached hydrogen (secondary N) is 1. The Bertz CT molecular complexity index is 85.9. The van der Waals surface area contributed by atoms with Gasteiger partial charge in [0.05, 0.1) is 0 Å². The van der Waals surface area contributed by atoms with Crippen LogP contribution in [0.3, 0.4) is 0 Å². The second kappa shape index (κ2) is 2.58. The van der Waals surface area contributed by atoms with E-state index < -0.39 is 0 Å². The lowest BCUT2D eigenvalue weighted by molar-refractivity contribution is 1.14. The molecule has 0 fully saturated rings. The van der Waals surface area contributed by atoms with Gasteiger partial charge in [0.25, 0.3) is 0 Å². The first-order chi connectivity index (χ1) is 3.13. The second-order valence-electron chi connectivity index (χ2n) is 1.27. The molecule has 0 aliphatic rings. The van der Waals surface area contributed by atoms with E-state index in [1.807, 2.05) is 0 Å². The minimum Gasteiger partial charge on any atom is -0.376 e. The zero-order chi connectivity index (χ0) is 5.86. The Morgan fingerprint density at radius 2 is 2.29 bits per heavy atom. The lowest BCUT2D eigenvalue weighted by Gasteiger charge is -1.97. The maximum absolute atomic E-state index is 5.05. The van der Waals surface area contributed by atoms with E-state index in [1.165, 1.54) is 0 Å². The summed E-state index contributed by atoms with van der Waals surface area (Å²) in [6, 6.07) is 0. The molecule has 0 atom stereocenters. The van der Waals surface area contributed by atoms with Gasteiger partial charge in [-0.3, -0.25) is 0 Å². The van der Waals surface area contributed by atoms with Gasteiger partial charge >= 0.3 is 0 Å². The van der Waals surface area contributed by atoms with Crippen molar-refractivity contribution in [2.24, 2.45) is 5.73 Å². The van der Waals surface area contributed by atoms with Crippen LogP contribution in [-0.2, 0) is 0 Å². The highest BCUT2D eigenvalue weighted by Crippen LogP contribution is 1.73. The van der Waals surface area contributed by atoms with Gasteiger partial charge in [0.2, 0.25) is 0 Å². The maximum Gasteiger partial charge on any atom is 0.167 e. The molecule has 3 heteroatoms. The predicted octanol–water partition coefficient (Wildman–Crippen LogP) is 0.353. The van der Waals surface area contributed by atoms with E-state index in [0.717, 1.165) is 5.70 Å². The summed E-state index contributed by atoms with van der Waals surface area (Å²) < 4.78 is 0. The molecular formula is C4H8N2S. The van der Waals surface area contributed by atoms with Crippen molar-refractivity contribution in [3.63, 3.8) is 0 Å². The molecule has 0 rings (SSSR count). The Hall–Kier alpha value is -0.570. The minimum atomic E-state index is 0.271. The number of hydrogen-bond acceptors (Lipinski definition) is 1. The van der Waals surface area contributed by atoms with Gasteiger partial charge in [-0.25, -0.2) is 0 Å². The highest BCUT2D eigenvalue weighted by molar-refractivity contribution is 7.80. The van der Waals surface area contributed by atoms with Crippen molar-refractivity contribution in [3.05, 3.63) is 12.3 Å². The van der Waals surface area contributed by atoms with Crippen molar-refractivity contribution in [3.8, 4) is 0 Å². The number of rotatable bonds is 1. The predicted molar refractivity (Wildman–Crippen MR) is 34.7 cm³/mol. The van der Waals surface area contributed by atoms with Crippen LogP contribution in [0.25, 0.3) is 0 Å². The first kappa shape index (κ1) is 6.43. The molecule has 0 saturated carbocycles. The van der Waals surface area contributed by atoms with E-state index in [1.54, 1.807) is 6.92 Å². The van der Waals surface area contributed by atoms with Crippen LogP contribution in [-0.4, -0.2) is 5.11 Å². The molecule has 7 heavy (non-hydrogen) atoms. The van der Waals surface area contributed by atoms with E-state index in [2.05, 4.69) is 24.1 Å². The van der Waals surface area contributed by atoms with E-state index in [4.69, 9.17) is 5.73 Å². The third-order valence-electron chi connectivity index (χ3n) is 0.337. The normalized spacial score (nSPS) is 7.57. The molecule has 0 amide bonds. The Kier molecular flexibility index (Phi) is 2.37. The topological polar surface area (TPSA) is 38.0 Å². The first-order valence-corrected chi connectivity index (χ1v) is 2.25. The van der Waals surface area contributed by atoms with Crippen molar-refractivity contribution in [2.45, 2.75) is 6.92 Å². The minimum absolute atomic E-state index is 0.271. The summed E-state index contributed by atoms with van der Waals surface area (Å²) in [5.41, 5.74) is 5.82. The van der Waals surface area contributed by atoms with Crippen LogP contribution in [0, 0.1) is 0 Å². The van der Waals surface area contributed by atoms with Gasteiger partial charge in [-0.05, 0) is 19.1 Å². The monoisotopic (exact) mass is 116 g/mol. The van der Waals surface area contributed by atoms with Gasteiger partial charge in [-0.2, -0.15) is 0 Å². The van der Waals surface area contributed by atoms with E-state index in [-0.39, 0.29) is 5.11 Å². The fourth-order valence-electron chi connectivity index (χ4n) is 0.210. The lowest BCUT2D eigenvalue weighted by Crippen LogP contribution is -2.26. The van der Waals surface area contributed by atoms with Crippen molar-refractivity contribution in [1.29, 1.82) is 0 Å². The molecule has 0 spiro atoms. The molecule has 0 radical (unpaired) electrons. The van der Waals surface area contributed by atoms with Crippen molar-refractivity contribution in [2.75, 3.05) is 0 Å². The zero-order valence-corrected chi connectivity index (χ0v) is 5.01. The van der Waals surface area contributed by atoms with Crippen LogP contribution in [0.4, 0.5) is 0 Å². The molecule has 0 aromatic rings. The molecule has 0 aliphatic carbocycles. The zero-order valence-electron chi connectivity index (χ0n) is 4.19. The van der Waals surface area contributed by atoms with Crippen molar-refractivity contribution >= 4 is 17.3 Å². The molecule has 0 aromatic heterocycles. The number of allylic oxidation sites excluding steroid dienone is 1. The summed E-state index contributed by atoms with van der Waals surface area (Å²) in [6.45, 7) is 5.31. The highest BCUT2D eigenvalue weighted by atomic mass is 32.1. The summed E-state index contributed by atoms with van der Waals surface area (Å²) in [4.78, 5) is 0. The maximum atomic E-state index is 5.05. The smallest absolute Gasteiger partial charge is 0.167 e. The van der Waals surface area contributed by atoms with Gasteiger partial charge < -0.3 is 11.1 Å². The van der Waals surface area contributed by atoms with Gasteiger partial charge in [-0.1, -0.05) is 6.58 Å². The third-order valence-corrected chi connectivity index (χ3v) is 0.439. The Labute approximate surface area is 48.4 Å². The van der Waals surface area contributed by atoms with Crippen LogP contribution in [0.5, 0.6) is 0 Å². The van der Waals surface area contributed by atoms with Gasteiger partial charge in [0.1, 0.15) is 0 Å². The fourth-order valence-corrected chi connectivity index (χ4v) is 0.385. The van der Waals surface area contributed by atoms with E-state index >= 15 is 0 Å². The molecule has 0 bridgehead atoms. The quantitative estimate of drug-likeness (QED) is 0.485. The second-order valence-corrected chi connectivity index (χ2v) is 1.71. The largest absolute Gasteiger partial charge is 0.376 e. The number of thiocarbonyl (C=S) groups is 1. The summed E-state index contributed by atoms with van der Waals surface area (Å²) in [6.07, 6.45) is 0. The Balaban J connectivity index is 3.32. The summed E-state index contributed by atoms with van der Waals surface area (Å²) in [5, 5.41) is 2.89. The molecule has 2 nitrogen and oxygen atoms in total. The highest BCUT2D eigenvalue weighted by Gasteiger charge is 1.80. The van der Waals surface area contributed by atoms with Gasteiger partial charge in [0.15, 0.2) is 5.11 Å². The van der Waals surface area contributed by atoms with Gasteiger partial charge in [0, 0.05) is 5.70 Å². The van der Waals surface area contributed by atoms with Gasteiger partial charge in [-0.15, -0.1) is 0 Å². The number of hydrogen-bond donors (Lipinski definition) is 2. The van der Waals surface area contributed by atoms with Crippen LogP contribution >= 0.6 is 12.2 Å². The third kappa shape index (κ3) is 5.43. The molecular weight excluding hydrogens is 108 g/mol. The van der Waals surface area contributed by atoms with Crippen LogP contribution in [0.1, 0.15) is 6.92 Å². The molecule has 0 unspecified atom stereocenters. The first-order valence-electron chi connectivity index (χ1n) is 1.85. The van der Waals surface area contributed by atoms with Crippen LogP contribution < -0.4 is 11.1 Å². The summed E-state index contributed by atoms with van der Waals surface area (Å²) >= 11 is 4.48.